The van der Waals surface area contributed by atoms with Gasteiger partial charge in [0.1, 0.15) is 0 Å². The van der Waals surface area contributed by atoms with E-state index in [4.69, 9.17) is 0 Å². The van der Waals surface area contributed by atoms with E-state index in [2.05, 4.69) is 56.9 Å². The van der Waals surface area contributed by atoms with Gasteiger partial charge in [0.15, 0.2) is 0 Å². The monoisotopic (exact) mass is 330 g/mol. The van der Waals surface area contributed by atoms with Crippen LogP contribution in [-0.2, 0) is 0 Å². The van der Waals surface area contributed by atoms with E-state index in [0.717, 1.165) is 52.2 Å². The van der Waals surface area contributed by atoms with Crippen molar-refractivity contribution in [2.24, 2.45) is 0 Å². The van der Waals surface area contributed by atoms with Gasteiger partial charge in [0.05, 0.1) is 0 Å². The van der Waals surface area contributed by atoms with Gasteiger partial charge in [-0.3, -0.25) is 4.90 Å². The fourth-order valence-electron chi connectivity index (χ4n) is 2.83. The molecule has 0 unspecified atom stereocenters. The summed E-state index contributed by atoms with van der Waals surface area (Å²) in [6.07, 6.45) is 5.45. The first-order chi connectivity index (χ1) is 11.8. The van der Waals surface area contributed by atoms with E-state index in [-0.39, 0.29) is 6.03 Å². The lowest BCUT2D eigenvalue weighted by molar-refractivity contribution is 0.141. The Kier molecular flexibility index (Phi) is 8.35. The van der Waals surface area contributed by atoms with Crippen LogP contribution in [0.25, 0.3) is 6.08 Å². The van der Waals surface area contributed by atoms with Crippen molar-refractivity contribution in [2.75, 3.05) is 52.4 Å². The maximum atomic E-state index is 11.3. The predicted octanol–water partition coefficient (Wildman–Crippen LogP) is 2.03. The standard InChI is InChI=1S/C19H30N4O/c1-2-20-19(24)21-11-7-13-23-16-14-22(15-17-23)12-6-10-18-8-4-3-5-9-18/h3-6,8-10H,2,7,11-17H2,1H3,(H2,20,21,24)/b10-6-. The van der Waals surface area contributed by atoms with Crippen LogP contribution in [0, 0.1) is 0 Å². The van der Waals surface area contributed by atoms with Crippen molar-refractivity contribution < 1.29 is 4.79 Å². The summed E-state index contributed by atoms with van der Waals surface area (Å²) in [6.45, 7) is 9.86. The maximum absolute atomic E-state index is 11.3. The minimum absolute atomic E-state index is 0.0625. The van der Waals surface area contributed by atoms with E-state index < -0.39 is 0 Å². The number of carbonyl (C=O) groups excluding carboxylic acids is 1. The number of amides is 2. The van der Waals surface area contributed by atoms with Crippen LogP contribution in [0.5, 0.6) is 0 Å². The molecule has 5 nitrogen and oxygen atoms in total. The largest absolute Gasteiger partial charge is 0.338 e. The van der Waals surface area contributed by atoms with Crippen LogP contribution in [0.1, 0.15) is 18.9 Å². The lowest BCUT2D eigenvalue weighted by Gasteiger charge is -2.34. The first kappa shape index (κ1) is 18.5. The highest BCUT2D eigenvalue weighted by Gasteiger charge is 2.15. The topological polar surface area (TPSA) is 47.6 Å². The summed E-state index contributed by atoms with van der Waals surface area (Å²) >= 11 is 0. The molecule has 0 atom stereocenters. The van der Waals surface area contributed by atoms with Crippen LogP contribution in [-0.4, -0.2) is 68.2 Å². The molecule has 24 heavy (non-hydrogen) atoms. The molecule has 0 radical (unpaired) electrons. The van der Waals surface area contributed by atoms with Gasteiger partial charge in [-0.1, -0.05) is 42.5 Å². The van der Waals surface area contributed by atoms with E-state index >= 15 is 0 Å². The van der Waals surface area contributed by atoms with Crippen molar-refractivity contribution in [2.45, 2.75) is 13.3 Å². The number of carbonyl (C=O) groups is 1. The molecule has 1 heterocycles. The second-order valence-electron chi connectivity index (χ2n) is 6.10. The smallest absolute Gasteiger partial charge is 0.314 e. The Balaban J connectivity index is 1.55. The van der Waals surface area contributed by atoms with E-state index in [1.165, 1.54) is 5.56 Å². The first-order valence-corrected chi connectivity index (χ1v) is 8.96. The zero-order valence-corrected chi connectivity index (χ0v) is 14.7. The molecule has 0 saturated carbocycles. The van der Waals surface area contributed by atoms with Crippen molar-refractivity contribution in [1.29, 1.82) is 0 Å². The van der Waals surface area contributed by atoms with Crippen LogP contribution in [0.3, 0.4) is 0 Å². The van der Waals surface area contributed by atoms with Gasteiger partial charge in [-0.2, -0.15) is 0 Å². The average molecular weight is 330 g/mol. The summed E-state index contributed by atoms with van der Waals surface area (Å²) in [5.41, 5.74) is 1.26. The number of benzene rings is 1. The Labute approximate surface area is 145 Å². The summed E-state index contributed by atoms with van der Waals surface area (Å²) in [5.74, 6) is 0. The minimum atomic E-state index is -0.0625. The van der Waals surface area contributed by atoms with Crippen LogP contribution in [0.15, 0.2) is 36.4 Å². The lowest BCUT2D eigenvalue weighted by atomic mass is 10.2. The molecule has 1 fully saturated rings. The summed E-state index contributed by atoms with van der Waals surface area (Å²) in [6, 6.07) is 10.4. The van der Waals surface area contributed by atoms with Gasteiger partial charge in [0.25, 0.3) is 0 Å². The lowest BCUT2D eigenvalue weighted by Crippen LogP contribution is -2.47. The van der Waals surface area contributed by atoms with Gasteiger partial charge in [0.2, 0.25) is 0 Å². The van der Waals surface area contributed by atoms with Crippen molar-refractivity contribution in [1.82, 2.24) is 20.4 Å². The van der Waals surface area contributed by atoms with Gasteiger partial charge in [-0.15, -0.1) is 0 Å². The molecule has 2 rings (SSSR count). The number of hydrogen-bond acceptors (Lipinski definition) is 3. The van der Waals surface area contributed by atoms with E-state index in [0.29, 0.717) is 6.54 Å². The van der Waals surface area contributed by atoms with Crippen LogP contribution < -0.4 is 10.6 Å². The molecule has 1 saturated heterocycles. The molecule has 2 amide bonds. The Morgan fingerprint density at radius 1 is 1.08 bits per heavy atom. The van der Waals surface area contributed by atoms with Gasteiger partial charge in [0, 0.05) is 45.8 Å². The Morgan fingerprint density at radius 2 is 1.79 bits per heavy atom. The minimum Gasteiger partial charge on any atom is -0.338 e. The van der Waals surface area contributed by atoms with E-state index in [9.17, 15) is 4.79 Å². The van der Waals surface area contributed by atoms with Crippen molar-refractivity contribution >= 4 is 12.1 Å². The molecule has 132 valence electrons. The highest BCUT2D eigenvalue weighted by atomic mass is 16.2. The second kappa shape index (κ2) is 10.8. The van der Waals surface area contributed by atoms with Gasteiger partial charge < -0.3 is 15.5 Å². The first-order valence-electron chi connectivity index (χ1n) is 8.96. The number of rotatable bonds is 8. The molecule has 0 bridgehead atoms. The highest BCUT2D eigenvalue weighted by Crippen LogP contribution is 2.04. The summed E-state index contributed by atoms with van der Waals surface area (Å²) < 4.78 is 0. The number of hydrogen-bond donors (Lipinski definition) is 2. The maximum Gasteiger partial charge on any atom is 0.314 e. The highest BCUT2D eigenvalue weighted by molar-refractivity contribution is 5.73. The molecule has 0 aromatic heterocycles. The fourth-order valence-corrected chi connectivity index (χ4v) is 2.83. The van der Waals surface area contributed by atoms with Gasteiger partial charge in [-0.25, -0.2) is 4.79 Å². The third kappa shape index (κ3) is 7.15. The summed E-state index contributed by atoms with van der Waals surface area (Å²) in [5, 5.41) is 5.62. The number of nitrogens with zero attached hydrogens (tertiary/aromatic N) is 2. The fraction of sp³-hybridized carbons (Fsp3) is 0.526. The quantitative estimate of drug-likeness (QED) is 0.717. The molecule has 0 spiro atoms. The molecule has 0 aliphatic carbocycles. The number of piperazine rings is 1. The number of nitrogens with one attached hydrogen (secondary N) is 2. The molecule has 1 aliphatic rings. The Bertz CT molecular complexity index is 495. The molecule has 1 aliphatic heterocycles. The number of urea groups is 1. The Hall–Kier alpha value is -1.85. The molecule has 1 aromatic carbocycles. The molecular formula is C19H30N4O. The summed E-state index contributed by atoms with van der Waals surface area (Å²) in [4.78, 5) is 16.3. The third-order valence-electron chi connectivity index (χ3n) is 4.21. The van der Waals surface area contributed by atoms with Gasteiger partial charge >= 0.3 is 6.03 Å². The van der Waals surface area contributed by atoms with Crippen LogP contribution in [0.4, 0.5) is 4.79 Å². The van der Waals surface area contributed by atoms with E-state index in [1.54, 1.807) is 0 Å². The molecule has 5 heteroatoms. The predicted molar refractivity (Wildman–Crippen MR) is 100 cm³/mol. The van der Waals surface area contributed by atoms with Crippen molar-refractivity contribution in [3.05, 3.63) is 42.0 Å². The van der Waals surface area contributed by atoms with Crippen molar-refractivity contribution in [3.8, 4) is 0 Å². The van der Waals surface area contributed by atoms with Crippen molar-refractivity contribution in [3.63, 3.8) is 0 Å². The van der Waals surface area contributed by atoms with Crippen LogP contribution >= 0.6 is 0 Å². The zero-order chi connectivity index (χ0) is 17.0. The SMILES string of the molecule is CCNC(=O)NCCCN1CCN(C/C=C\c2ccccc2)CC1. The summed E-state index contributed by atoms with van der Waals surface area (Å²) in [7, 11) is 0. The zero-order valence-electron chi connectivity index (χ0n) is 14.7. The molecule has 1 aromatic rings. The van der Waals surface area contributed by atoms with E-state index in [1.807, 2.05) is 13.0 Å². The second-order valence-corrected chi connectivity index (χ2v) is 6.10. The average Bonchev–Trinajstić information content (AvgIpc) is 2.61. The molecule has 2 N–H and O–H groups in total. The Morgan fingerprint density at radius 3 is 2.50 bits per heavy atom. The molecular weight excluding hydrogens is 300 g/mol. The van der Waals surface area contributed by atoms with Crippen LogP contribution in [0.2, 0.25) is 0 Å². The third-order valence-corrected chi connectivity index (χ3v) is 4.21. The van der Waals surface area contributed by atoms with Gasteiger partial charge in [-0.05, 0) is 25.5 Å². The normalized spacial score (nSPS) is 16.4.